The summed E-state index contributed by atoms with van der Waals surface area (Å²) in [6, 6.07) is 7.32. The van der Waals surface area contributed by atoms with Gasteiger partial charge in [0.1, 0.15) is 0 Å². The minimum atomic E-state index is -1.85. The average molecular weight is 226 g/mol. The van der Waals surface area contributed by atoms with Crippen molar-refractivity contribution in [3.63, 3.8) is 0 Å². The molecular formula is C12H18O2S. The van der Waals surface area contributed by atoms with Crippen molar-refractivity contribution in [2.45, 2.75) is 38.0 Å². The summed E-state index contributed by atoms with van der Waals surface area (Å²) in [5.41, 5.74) is 1.24. The van der Waals surface area contributed by atoms with Crippen LogP contribution in [0.15, 0.2) is 29.2 Å². The van der Waals surface area contributed by atoms with Crippen molar-refractivity contribution in [3.8, 4) is 0 Å². The van der Waals surface area contributed by atoms with Crippen molar-refractivity contribution in [2.75, 3.05) is 0 Å². The fourth-order valence-electron chi connectivity index (χ4n) is 1.39. The van der Waals surface area contributed by atoms with Crippen LogP contribution in [0.4, 0.5) is 0 Å². The third-order valence-corrected chi connectivity index (χ3v) is 3.42. The smallest absolute Gasteiger partial charge is 0.186 e. The second-order valence-corrected chi connectivity index (χ2v) is 4.91. The van der Waals surface area contributed by atoms with Crippen molar-refractivity contribution in [1.82, 2.24) is 0 Å². The molecule has 1 rings (SSSR count). The van der Waals surface area contributed by atoms with Gasteiger partial charge in [-0.3, -0.25) is 0 Å². The lowest BCUT2D eigenvalue weighted by atomic mass is 9.99. The SMILES string of the molecule is CCC(C)CCc1ccc(S(=O)O)cc1. The number of rotatable bonds is 5. The standard InChI is InChI=1S/C12H18O2S/c1-3-10(2)4-5-11-6-8-12(9-7-11)15(13)14/h6-10H,3-5H2,1-2H3,(H,13,14). The molecule has 84 valence electrons. The van der Waals surface area contributed by atoms with E-state index in [1.807, 2.05) is 12.1 Å². The molecule has 0 heterocycles. The Labute approximate surface area is 94.0 Å². The van der Waals surface area contributed by atoms with E-state index in [2.05, 4.69) is 13.8 Å². The minimum absolute atomic E-state index is 0.474. The van der Waals surface area contributed by atoms with E-state index >= 15 is 0 Å². The van der Waals surface area contributed by atoms with E-state index in [9.17, 15) is 4.21 Å². The Kier molecular flexibility index (Phi) is 4.99. The van der Waals surface area contributed by atoms with E-state index in [0.29, 0.717) is 4.90 Å². The van der Waals surface area contributed by atoms with Gasteiger partial charge in [0.25, 0.3) is 0 Å². The summed E-state index contributed by atoms with van der Waals surface area (Å²) in [7, 11) is 0. The lowest BCUT2D eigenvalue weighted by Gasteiger charge is -2.07. The highest BCUT2D eigenvalue weighted by Crippen LogP contribution is 2.13. The number of hydrogen-bond acceptors (Lipinski definition) is 1. The Bertz CT molecular complexity index is 319. The maximum Gasteiger partial charge on any atom is 0.186 e. The van der Waals surface area contributed by atoms with Crippen LogP contribution >= 0.6 is 0 Å². The molecule has 0 bridgehead atoms. The second-order valence-electron chi connectivity index (χ2n) is 3.95. The monoisotopic (exact) mass is 226 g/mol. The first-order valence-electron chi connectivity index (χ1n) is 5.33. The van der Waals surface area contributed by atoms with E-state index in [4.69, 9.17) is 4.55 Å². The molecule has 0 aliphatic heterocycles. The van der Waals surface area contributed by atoms with Gasteiger partial charge in [0.15, 0.2) is 11.1 Å². The van der Waals surface area contributed by atoms with Crippen molar-refractivity contribution in [2.24, 2.45) is 5.92 Å². The molecule has 15 heavy (non-hydrogen) atoms. The van der Waals surface area contributed by atoms with Gasteiger partial charge in [-0.05, 0) is 36.5 Å². The highest BCUT2D eigenvalue weighted by molar-refractivity contribution is 7.79. The quantitative estimate of drug-likeness (QED) is 0.782. The molecule has 3 heteroatoms. The molecule has 0 radical (unpaired) electrons. The Hall–Kier alpha value is -0.670. The third-order valence-electron chi connectivity index (χ3n) is 2.75. The minimum Gasteiger partial charge on any atom is -0.302 e. The summed E-state index contributed by atoms with van der Waals surface area (Å²) in [6.45, 7) is 4.44. The Balaban J connectivity index is 2.53. The normalized spacial score (nSPS) is 14.9. The first-order valence-corrected chi connectivity index (χ1v) is 6.44. The van der Waals surface area contributed by atoms with E-state index in [1.54, 1.807) is 12.1 Å². The lowest BCUT2D eigenvalue weighted by Crippen LogP contribution is -1.96. The predicted molar refractivity (Wildman–Crippen MR) is 63.3 cm³/mol. The van der Waals surface area contributed by atoms with Gasteiger partial charge in [0.05, 0.1) is 4.90 Å². The summed E-state index contributed by atoms with van der Waals surface area (Å²) in [4.78, 5) is 0.474. The van der Waals surface area contributed by atoms with Crippen molar-refractivity contribution in [3.05, 3.63) is 29.8 Å². The maximum atomic E-state index is 10.7. The summed E-state index contributed by atoms with van der Waals surface area (Å²) in [5, 5.41) is 0. The summed E-state index contributed by atoms with van der Waals surface area (Å²) in [6.07, 6.45) is 3.43. The van der Waals surface area contributed by atoms with Gasteiger partial charge in [-0.1, -0.05) is 32.4 Å². The van der Waals surface area contributed by atoms with E-state index in [0.717, 1.165) is 12.3 Å². The third kappa shape index (κ3) is 4.14. The molecule has 0 aromatic heterocycles. The predicted octanol–water partition coefficient (Wildman–Crippen LogP) is 3.25. The van der Waals surface area contributed by atoms with Crippen molar-refractivity contribution in [1.29, 1.82) is 0 Å². The maximum absolute atomic E-state index is 10.7. The van der Waals surface area contributed by atoms with Crippen LogP contribution in [-0.2, 0) is 17.5 Å². The Morgan fingerprint density at radius 3 is 2.40 bits per heavy atom. The molecule has 0 saturated carbocycles. The molecule has 2 atom stereocenters. The van der Waals surface area contributed by atoms with Crippen LogP contribution in [-0.4, -0.2) is 8.76 Å². The zero-order valence-electron chi connectivity index (χ0n) is 9.27. The van der Waals surface area contributed by atoms with E-state index < -0.39 is 11.1 Å². The van der Waals surface area contributed by atoms with Crippen LogP contribution in [0.25, 0.3) is 0 Å². The molecule has 1 aromatic rings. The molecule has 2 unspecified atom stereocenters. The van der Waals surface area contributed by atoms with Gasteiger partial charge in [0.2, 0.25) is 0 Å². The van der Waals surface area contributed by atoms with Gasteiger partial charge in [0, 0.05) is 0 Å². The number of hydrogen-bond donors (Lipinski definition) is 1. The van der Waals surface area contributed by atoms with E-state index in [1.165, 1.54) is 18.4 Å². The Morgan fingerprint density at radius 1 is 1.33 bits per heavy atom. The lowest BCUT2D eigenvalue weighted by molar-refractivity contribution is 0.516. The molecular weight excluding hydrogens is 208 g/mol. The van der Waals surface area contributed by atoms with Gasteiger partial charge in [-0.15, -0.1) is 0 Å². The van der Waals surface area contributed by atoms with Gasteiger partial charge < -0.3 is 4.55 Å². The summed E-state index contributed by atoms with van der Waals surface area (Å²) in [5.74, 6) is 0.747. The van der Waals surface area contributed by atoms with Gasteiger partial charge >= 0.3 is 0 Å². The highest BCUT2D eigenvalue weighted by atomic mass is 32.2. The second kappa shape index (κ2) is 6.03. The fourth-order valence-corrected chi connectivity index (χ4v) is 1.76. The van der Waals surface area contributed by atoms with Crippen LogP contribution < -0.4 is 0 Å². The number of aryl methyl sites for hydroxylation is 1. The average Bonchev–Trinajstić information content (AvgIpc) is 2.26. The van der Waals surface area contributed by atoms with Crippen LogP contribution in [0, 0.1) is 5.92 Å². The summed E-state index contributed by atoms with van der Waals surface area (Å²) >= 11 is -1.85. The van der Waals surface area contributed by atoms with Crippen LogP contribution in [0.5, 0.6) is 0 Å². The Morgan fingerprint density at radius 2 is 1.93 bits per heavy atom. The molecule has 0 aliphatic carbocycles. The molecule has 0 spiro atoms. The van der Waals surface area contributed by atoms with Crippen molar-refractivity contribution < 1.29 is 8.76 Å². The zero-order chi connectivity index (χ0) is 11.3. The molecule has 1 N–H and O–H groups in total. The first kappa shape index (κ1) is 12.4. The van der Waals surface area contributed by atoms with Crippen LogP contribution in [0.2, 0.25) is 0 Å². The van der Waals surface area contributed by atoms with Crippen LogP contribution in [0.3, 0.4) is 0 Å². The highest BCUT2D eigenvalue weighted by Gasteiger charge is 2.02. The number of benzene rings is 1. The van der Waals surface area contributed by atoms with E-state index in [-0.39, 0.29) is 0 Å². The molecule has 0 amide bonds. The van der Waals surface area contributed by atoms with Gasteiger partial charge in [-0.2, -0.15) is 0 Å². The largest absolute Gasteiger partial charge is 0.302 e. The first-order chi connectivity index (χ1) is 7.13. The molecule has 1 aromatic carbocycles. The molecule has 0 saturated heterocycles. The fraction of sp³-hybridized carbons (Fsp3) is 0.500. The van der Waals surface area contributed by atoms with Crippen molar-refractivity contribution >= 4 is 11.1 Å². The zero-order valence-corrected chi connectivity index (χ0v) is 10.1. The summed E-state index contributed by atoms with van der Waals surface area (Å²) < 4.78 is 19.6. The molecule has 0 fully saturated rings. The molecule has 0 aliphatic rings. The topological polar surface area (TPSA) is 37.3 Å². The van der Waals surface area contributed by atoms with Gasteiger partial charge in [-0.25, -0.2) is 4.21 Å². The van der Waals surface area contributed by atoms with Crippen LogP contribution in [0.1, 0.15) is 32.3 Å². The molecule has 2 nitrogen and oxygen atoms in total.